The SMILES string of the molecule is CN1CCC(CNC(=O)N2CCN(c3ncnc4c3nc(-c3ccccc3Cl)n4-c3ccc(Cl)cc3)CC2)CC1. The summed E-state index contributed by atoms with van der Waals surface area (Å²) in [7, 11) is 2.15. The minimum atomic E-state index is 0.0134. The van der Waals surface area contributed by atoms with E-state index in [4.69, 9.17) is 28.2 Å². The first kappa shape index (κ1) is 26.8. The van der Waals surface area contributed by atoms with Crippen LogP contribution in [0.1, 0.15) is 12.8 Å². The largest absolute Gasteiger partial charge is 0.351 e. The molecule has 0 aliphatic carbocycles. The number of benzene rings is 2. The molecule has 0 atom stereocenters. The molecule has 1 N–H and O–H groups in total. The summed E-state index contributed by atoms with van der Waals surface area (Å²) >= 11 is 12.8. The van der Waals surface area contributed by atoms with E-state index in [2.05, 4.69) is 32.1 Å². The zero-order chi connectivity index (χ0) is 27.6. The van der Waals surface area contributed by atoms with Crippen molar-refractivity contribution in [3.8, 4) is 17.1 Å². The van der Waals surface area contributed by atoms with Crippen molar-refractivity contribution < 1.29 is 4.79 Å². The van der Waals surface area contributed by atoms with Crippen LogP contribution in [0, 0.1) is 5.92 Å². The van der Waals surface area contributed by atoms with Crippen LogP contribution in [-0.2, 0) is 0 Å². The second kappa shape index (κ2) is 11.6. The number of rotatable bonds is 5. The number of carbonyl (C=O) groups is 1. The fourth-order valence-corrected chi connectivity index (χ4v) is 5.85. The van der Waals surface area contributed by atoms with Crippen molar-refractivity contribution in [1.29, 1.82) is 0 Å². The van der Waals surface area contributed by atoms with Gasteiger partial charge in [-0.2, -0.15) is 0 Å². The first-order valence-corrected chi connectivity index (χ1v) is 14.4. The van der Waals surface area contributed by atoms with Crippen LogP contribution < -0.4 is 10.2 Å². The Hall–Kier alpha value is -3.40. The number of fused-ring (bicyclic) bond motifs is 1. The number of anilines is 1. The summed E-state index contributed by atoms with van der Waals surface area (Å²) in [5, 5.41) is 4.41. The lowest BCUT2D eigenvalue weighted by atomic mass is 9.97. The highest BCUT2D eigenvalue weighted by molar-refractivity contribution is 6.33. The van der Waals surface area contributed by atoms with Crippen molar-refractivity contribution in [2.75, 3.05) is 57.8 Å². The van der Waals surface area contributed by atoms with Crippen LogP contribution in [0.4, 0.5) is 10.6 Å². The number of nitrogens with zero attached hydrogens (tertiary/aromatic N) is 7. The minimum absolute atomic E-state index is 0.0134. The molecule has 2 aliphatic heterocycles. The van der Waals surface area contributed by atoms with E-state index in [1.54, 1.807) is 6.33 Å². The molecule has 2 aromatic carbocycles. The quantitative estimate of drug-likeness (QED) is 0.360. The Morgan fingerprint density at radius 2 is 1.68 bits per heavy atom. The van der Waals surface area contributed by atoms with Crippen molar-refractivity contribution in [2.24, 2.45) is 5.92 Å². The third-order valence-electron chi connectivity index (χ3n) is 7.87. The monoisotopic (exact) mass is 578 g/mol. The second-order valence-corrected chi connectivity index (χ2v) is 11.3. The molecule has 2 fully saturated rings. The fraction of sp³-hybridized carbons (Fsp3) is 0.379. The van der Waals surface area contributed by atoms with Gasteiger partial charge in [0, 0.05) is 49.0 Å². The van der Waals surface area contributed by atoms with E-state index in [1.165, 1.54) is 0 Å². The molecule has 0 bridgehead atoms. The van der Waals surface area contributed by atoms with Gasteiger partial charge in [0.15, 0.2) is 17.0 Å². The van der Waals surface area contributed by atoms with Crippen molar-refractivity contribution in [3.05, 3.63) is 64.9 Å². The molecular weight excluding hydrogens is 547 g/mol. The van der Waals surface area contributed by atoms with Crippen molar-refractivity contribution in [3.63, 3.8) is 0 Å². The number of hydrogen-bond acceptors (Lipinski definition) is 6. The van der Waals surface area contributed by atoms with Crippen LogP contribution in [0.15, 0.2) is 54.9 Å². The Morgan fingerprint density at radius 1 is 0.950 bits per heavy atom. The van der Waals surface area contributed by atoms with Crippen LogP contribution in [0.25, 0.3) is 28.2 Å². The molecule has 208 valence electrons. The van der Waals surface area contributed by atoms with Gasteiger partial charge in [0.05, 0.1) is 5.02 Å². The number of likely N-dealkylation sites (tertiary alicyclic amines) is 1. The standard InChI is InChI=1S/C29H32Cl2N8O/c1-36-12-10-20(11-13-36)18-32-29(40)38-16-14-37(15-17-38)27-25-28(34-19-33-27)39(22-8-6-21(30)7-9-22)26(35-25)23-4-2-3-5-24(23)31/h2-9,19-20H,10-18H2,1H3,(H,32,40). The van der Waals surface area contributed by atoms with Crippen LogP contribution in [0.3, 0.4) is 0 Å². The van der Waals surface area contributed by atoms with Gasteiger partial charge in [0.2, 0.25) is 0 Å². The maximum Gasteiger partial charge on any atom is 0.317 e. The summed E-state index contributed by atoms with van der Waals surface area (Å²) in [6.45, 7) is 5.47. The molecule has 0 unspecified atom stereocenters. The van der Waals surface area contributed by atoms with Gasteiger partial charge < -0.3 is 20.0 Å². The number of piperazine rings is 1. The highest BCUT2D eigenvalue weighted by Gasteiger charge is 2.27. The Morgan fingerprint density at radius 3 is 2.40 bits per heavy atom. The molecule has 2 aromatic heterocycles. The number of carbonyl (C=O) groups excluding carboxylic acids is 1. The van der Waals surface area contributed by atoms with E-state index < -0.39 is 0 Å². The van der Waals surface area contributed by atoms with E-state index in [0.717, 1.165) is 49.5 Å². The topological polar surface area (TPSA) is 82.4 Å². The maximum absolute atomic E-state index is 12.9. The number of aromatic nitrogens is 4. The molecule has 4 aromatic rings. The summed E-state index contributed by atoms with van der Waals surface area (Å²) < 4.78 is 1.99. The predicted molar refractivity (Wildman–Crippen MR) is 160 cm³/mol. The molecule has 2 amide bonds. The zero-order valence-electron chi connectivity index (χ0n) is 22.4. The maximum atomic E-state index is 12.9. The summed E-state index contributed by atoms with van der Waals surface area (Å²) in [6, 6.07) is 15.2. The summed E-state index contributed by atoms with van der Waals surface area (Å²) in [4.78, 5) is 33.6. The van der Waals surface area contributed by atoms with Crippen LogP contribution in [-0.4, -0.2) is 88.2 Å². The second-order valence-electron chi connectivity index (χ2n) is 10.5. The zero-order valence-corrected chi connectivity index (χ0v) is 23.9. The van der Waals surface area contributed by atoms with Gasteiger partial charge in [-0.3, -0.25) is 4.57 Å². The molecule has 11 heteroatoms. The third-order valence-corrected chi connectivity index (χ3v) is 8.45. The van der Waals surface area contributed by atoms with E-state index >= 15 is 0 Å². The lowest BCUT2D eigenvalue weighted by Gasteiger charge is -2.36. The van der Waals surface area contributed by atoms with Crippen LogP contribution in [0.2, 0.25) is 10.0 Å². The van der Waals surface area contributed by atoms with Gasteiger partial charge in [-0.15, -0.1) is 0 Å². The summed E-state index contributed by atoms with van der Waals surface area (Å²) in [5.74, 6) is 1.98. The molecule has 4 heterocycles. The summed E-state index contributed by atoms with van der Waals surface area (Å²) in [6.07, 6.45) is 3.84. The smallest absolute Gasteiger partial charge is 0.317 e. The average Bonchev–Trinajstić information content (AvgIpc) is 3.37. The Balaban J connectivity index is 1.24. The molecule has 40 heavy (non-hydrogen) atoms. The first-order chi connectivity index (χ1) is 19.5. The fourth-order valence-electron chi connectivity index (χ4n) is 5.50. The molecule has 2 saturated heterocycles. The number of hydrogen-bond donors (Lipinski definition) is 1. The molecule has 6 rings (SSSR count). The molecule has 0 saturated carbocycles. The number of nitrogens with one attached hydrogen (secondary N) is 1. The molecule has 0 radical (unpaired) electrons. The Bertz CT molecular complexity index is 1490. The van der Waals surface area contributed by atoms with Crippen molar-refractivity contribution >= 4 is 46.2 Å². The van der Waals surface area contributed by atoms with Crippen molar-refractivity contribution in [2.45, 2.75) is 12.8 Å². The van der Waals surface area contributed by atoms with Crippen LogP contribution in [0.5, 0.6) is 0 Å². The third kappa shape index (κ3) is 5.46. The molecule has 9 nitrogen and oxygen atoms in total. The highest BCUT2D eigenvalue weighted by Crippen LogP contribution is 2.35. The van der Waals surface area contributed by atoms with Gasteiger partial charge in [0.1, 0.15) is 12.2 Å². The molecule has 0 spiro atoms. The van der Waals surface area contributed by atoms with E-state index in [9.17, 15) is 4.79 Å². The van der Waals surface area contributed by atoms with Gasteiger partial charge in [0.25, 0.3) is 0 Å². The molecule has 2 aliphatic rings. The average molecular weight is 580 g/mol. The number of urea groups is 1. The predicted octanol–water partition coefficient (Wildman–Crippen LogP) is 4.96. The number of halogens is 2. The van der Waals surface area contributed by atoms with E-state index in [0.29, 0.717) is 59.1 Å². The molecular formula is C29H32Cl2N8O. The lowest BCUT2D eigenvalue weighted by molar-refractivity contribution is 0.183. The Labute approximate surface area is 243 Å². The highest BCUT2D eigenvalue weighted by atomic mass is 35.5. The summed E-state index contributed by atoms with van der Waals surface area (Å²) in [5.41, 5.74) is 3.04. The van der Waals surface area contributed by atoms with Crippen molar-refractivity contribution in [1.82, 2.24) is 34.6 Å². The first-order valence-electron chi connectivity index (χ1n) is 13.7. The van der Waals surface area contributed by atoms with Gasteiger partial charge in [-0.05, 0) is 75.3 Å². The van der Waals surface area contributed by atoms with Gasteiger partial charge in [-0.1, -0.05) is 35.3 Å². The van der Waals surface area contributed by atoms with Gasteiger partial charge >= 0.3 is 6.03 Å². The Kier molecular flexibility index (Phi) is 7.78. The van der Waals surface area contributed by atoms with E-state index in [-0.39, 0.29) is 6.03 Å². The number of piperidine rings is 1. The number of amides is 2. The van der Waals surface area contributed by atoms with Gasteiger partial charge in [-0.25, -0.2) is 19.7 Å². The number of imidazole rings is 1. The van der Waals surface area contributed by atoms with E-state index in [1.807, 2.05) is 58.0 Å². The minimum Gasteiger partial charge on any atom is -0.351 e. The normalized spacial score (nSPS) is 17.0. The lowest BCUT2D eigenvalue weighted by Crippen LogP contribution is -2.52. The van der Waals surface area contributed by atoms with Crippen LogP contribution >= 0.6 is 23.2 Å².